The van der Waals surface area contributed by atoms with Gasteiger partial charge in [0.1, 0.15) is 5.76 Å². The van der Waals surface area contributed by atoms with E-state index < -0.39 is 0 Å². The maximum absolute atomic E-state index is 13.1. The second kappa shape index (κ2) is 8.34. The summed E-state index contributed by atoms with van der Waals surface area (Å²) < 4.78 is 5.49. The van der Waals surface area contributed by atoms with Gasteiger partial charge in [0.05, 0.1) is 6.26 Å². The summed E-state index contributed by atoms with van der Waals surface area (Å²) in [6.45, 7) is 8.74. The minimum absolute atomic E-state index is 0.0755. The van der Waals surface area contributed by atoms with Gasteiger partial charge >= 0.3 is 0 Å². The van der Waals surface area contributed by atoms with Crippen LogP contribution in [0.25, 0.3) is 0 Å². The number of furan rings is 1. The highest BCUT2D eigenvalue weighted by Gasteiger charge is 2.47. The van der Waals surface area contributed by atoms with Crippen LogP contribution in [0.2, 0.25) is 0 Å². The van der Waals surface area contributed by atoms with Crippen LogP contribution < -0.4 is 0 Å². The lowest BCUT2D eigenvalue weighted by atomic mass is 10.2. The Bertz CT molecular complexity index is 650. The molecule has 1 aromatic heterocycles. The Morgan fingerprint density at radius 3 is 2.48 bits per heavy atom. The van der Waals surface area contributed by atoms with Gasteiger partial charge in [-0.25, -0.2) is 0 Å². The second-order valence-corrected chi connectivity index (χ2v) is 6.74. The average molecular weight is 340 g/mol. The Morgan fingerprint density at radius 2 is 1.84 bits per heavy atom. The van der Waals surface area contributed by atoms with Crippen molar-refractivity contribution in [2.45, 2.75) is 32.7 Å². The van der Waals surface area contributed by atoms with E-state index in [9.17, 15) is 4.79 Å². The van der Waals surface area contributed by atoms with Gasteiger partial charge in [0, 0.05) is 31.5 Å². The van der Waals surface area contributed by atoms with E-state index in [1.54, 1.807) is 6.26 Å². The van der Waals surface area contributed by atoms with Gasteiger partial charge in [-0.3, -0.25) is 4.79 Å². The zero-order valence-corrected chi connectivity index (χ0v) is 15.2. The van der Waals surface area contributed by atoms with Crippen LogP contribution in [0.4, 0.5) is 0 Å². The van der Waals surface area contributed by atoms with E-state index in [1.807, 2.05) is 35.2 Å². The lowest BCUT2D eigenvalue weighted by Crippen LogP contribution is -2.39. The number of carbonyl (C=O) groups excluding carboxylic acids is 1. The third-order valence-corrected chi connectivity index (χ3v) is 5.12. The monoisotopic (exact) mass is 340 g/mol. The van der Waals surface area contributed by atoms with Gasteiger partial charge in [0.25, 0.3) is 0 Å². The molecule has 134 valence electrons. The molecular formula is C21H28N2O2. The van der Waals surface area contributed by atoms with Crippen molar-refractivity contribution in [1.29, 1.82) is 0 Å². The van der Waals surface area contributed by atoms with Crippen molar-refractivity contribution in [1.82, 2.24) is 9.80 Å². The van der Waals surface area contributed by atoms with Crippen LogP contribution in [0, 0.1) is 5.92 Å². The van der Waals surface area contributed by atoms with Gasteiger partial charge in [0.2, 0.25) is 5.91 Å². The van der Waals surface area contributed by atoms with E-state index >= 15 is 0 Å². The fraction of sp³-hybridized carbons (Fsp3) is 0.476. The third kappa shape index (κ3) is 4.51. The van der Waals surface area contributed by atoms with Gasteiger partial charge in [0.15, 0.2) is 0 Å². The summed E-state index contributed by atoms with van der Waals surface area (Å²) in [5, 5.41) is 0. The highest BCUT2D eigenvalue weighted by molar-refractivity contribution is 5.82. The number of benzene rings is 1. The summed E-state index contributed by atoms with van der Waals surface area (Å²) in [5.74, 6) is 1.54. The number of carbonyl (C=O) groups is 1. The van der Waals surface area contributed by atoms with Crippen molar-refractivity contribution in [3.8, 4) is 0 Å². The molecule has 2 atom stereocenters. The maximum Gasteiger partial charge on any atom is 0.226 e. The third-order valence-electron chi connectivity index (χ3n) is 5.12. The number of likely N-dealkylation sites (N-methyl/N-ethyl adjacent to an activating group) is 1. The first-order chi connectivity index (χ1) is 12.2. The number of hydrogen-bond acceptors (Lipinski definition) is 3. The van der Waals surface area contributed by atoms with E-state index in [-0.39, 0.29) is 17.7 Å². The molecule has 1 aliphatic carbocycles. The fourth-order valence-electron chi connectivity index (χ4n) is 3.39. The second-order valence-electron chi connectivity index (χ2n) is 6.74. The molecule has 3 rings (SSSR count). The van der Waals surface area contributed by atoms with Crippen molar-refractivity contribution in [3.05, 3.63) is 60.1 Å². The lowest BCUT2D eigenvalue weighted by Gasteiger charge is -2.27. The van der Waals surface area contributed by atoms with Gasteiger partial charge in [-0.1, -0.05) is 44.2 Å². The first-order valence-electron chi connectivity index (χ1n) is 9.31. The van der Waals surface area contributed by atoms with Crippen molar-refractivity contribution >= 4 is 5.91 Å². The standard InChI is InChI=1S/C21H28N2O2/c1-3-22(4-2)12-13-23(16-17-9-6-5-7-10-17)21(24)19-15-18(19)20-11-8-14-25-20/h5-11,14,18-19H,3-4,12-13,15-16H2,1-2H3/t18-,19-/m0/s1. The molecule has 0 saturated heterocycles. The Morgan fingerprint density at radius 1 is 1.08 bits per heavy atom. The summed E-state index contributed by atoms with van der Waals surface area (Å²) in [4.78, 5) is 17.5. The predicted octanol–water partition coefficient (Wildman–Crippen LogP) is 3.75. The highest BCUT2D eigenvalue weighted by atomic mass is 16.3. The van der Waals surface area contributed by atoms with Crippen molar-refractivity contribution < 1.29 is 9.21 Å². The van der Waals surface area contributed by atoms with Crippen LogP contribution in [0.5, 0.6) is 0 Å². The van der Waals surface area contributed by atoms with Crippen LogP contribution in [0.1, 0.15) is 37.5 Å². The molecule has 0 spiro atoms. The molecule has 0 bridgehead atoms. The Balaban J connectivity index is 1.66. The molecule has 1 saturated carbocycles. The molecule has 4 heteroatoms. The molecule has 1 amide bonds. The van der Waals surface area contributed by atoms with E-state index in [0.717, 1.165) is 38.4 Å². The van der Waals surface area contributed by atoms with Gasteiger partial charge in [-0.15, -0.1) is 0 Å². The number of rotatable bonds is 9. The van der Waals surface area contributed by atoms with Gasteiger partial charge < -0.3 is 14.2 Å². The molecule has 1 aliphatic rings. The molecule has 0 unspecified atom stereocenters. The molecule has 25 heavy (non-hydrogen) atoms. The Hall–Kier alpha value is -2.07. The summed E-state index contributed by atoms with van der Waals surface area (Å²) in [6.07, 6.45) is 2.60. The molecule has 1 aromatic carbocycles. The van der Waals surface area contributed by atoms with Crippen molar-refractivity contribution in [3.63, 3.8) is 0 Å². The molecule has 0 radical (unpaired) electrons. The van der Waals surface area contributed by atoms with Gasteiger partial charge in [-0.2, -0.15) is 0 Å². The van der Waals surface area contributed by atoms with E-state index in [1.165, 1.54) is 5.56 Å². The summed E-state index contributed by atoms with van der Waals surface area (Å²) in [7, 11) is 0. The summed E-state index contributed by atoms with van der Waals surface area (Å²) in [6, 6.07) is 14.1. The lowest BCUT2D eigenvalue weighted by molar-refractivity contribution is -0.133. The molecular weight excluding hydrogens is 312 g/mol. The largest absolute Gasteiger partial charge is 0.469 e. The van der Waals surface area contributed by atoms with E-state index in [4.69, 9.17) is 4.42 Å². The quantitative estimate of drug-likeness (QED) is 0.697. The summed E-state index contributed by atoms with van der Waals surface area (Å²) in [5.41, 5.74) is 1.19. The SMILES string of the molecule is CCN(CC)CCN(Cc1ccccc1)C(=O)[C@H]1C[C@@H]1c1ccco1. The summed E-state index contributed by atoms with van der Waals surface area (Å²) >= 11 is 0. The van der Waals surface area contributed by atoms with Crippen LogP contribution in [0.15, 0.2) is 53.1 Å². The smallest absolute Gasteiger partial charge is 0.226 e. The zero-order valence-electron chi connectivity index (χ0n) is 15.2. The van der Waals surface area contributed by atoms with Crippen LogP contribution in [0.3, 0.4) is 0 Å². The minimum atomic E-state index is 0.0755. The number of nitrogens with zero attached hydrogens (tertiary/aromatic N) is 2. The minimum Gasteiger partial charge on any atom is -0.469 e. The topological polar surface area (TPSA) is 36.7 Å². The van der Waals surface area contributed by atoms with Crippen LogP contribution >= 0.6 is 0 Å². The first kappa shape index (κ1) is 17.7. The van der Waals surface area contributed by atoms with Crippen LogP contribution in [-0.2, 0) is 11.3 Å². The zero-order chi connectivity index (χ0) is 17.6. The molecule has 1 fully saturated rings. The van der Waals surface area contributed by atoms with E-state index in [2.05, 4.69) is 30.9 Å². The number of hydrogen-bond donors (Lipinski definition) is 0. The molecule has 0 N–H and O–H groups in total. The first-order valence-corrected chi connectivity index (χ1v) is 9.31. The highest BCUT2D eigenvalue weighted by Crippen LogP contribution is 2.48. The van der Waals surface area contributed by atoms with E-state index in [0.29, 0.717) is 6.54 Å². The molecule has 0 aliphatic heterocycles. The number of amides is 1. The van der Waals surface area contributed by atoms with Crippen molar-refractivity contribution in [2.24, 2.45) is 5.92 Å². The molecule has 4 nitrogen and oxygen atoms in total. The Kier molecular flexibility index (Phi) is 5.92. The van der Waals surface area contributed by atoms with Crippen molar-refractivity contribution in [2.75, 3.05) is 26.2 Å². The fourth-order valence-corrected chi connectivity index (χ4v) is 3.39. The Labute approximate surface area is 150 Å². The van der Waals surface area contributed by atoms with Crippen LogP contribution in [-0.4, -0.2) is 41.9 Å². The average Bonchev–Trinajstić information content (AvgIpc) is 3.26. The molecule has 2 aromatic rings. The van der Waals surface area contributed by atoms with Gasteiger partial charge in [-0.05, 0) is 37.2 Å². The molecule has 1 heterocycles. The normalized spacial score (nSPS) is 19.2. The predicted molar refractivity (Wildman–Crippen MR) is 99.2 cm³/mol. The maximum atomic E-state index is 13.1.